The van der Waals surface area contributed by atoms with Crippen molar-refractivity contribution < 1.29 is 14.1 Å². The summed E-state index contributed by atoms with van der Waals surface area (Å²) in [6.45, 7) is 7.25. The van der Waals surface area contributed by atoms with Crippen molar-refractivity contribution in [1.29, 1.82) is 0 Å². The lowest BCUT2D eigenvalue weighted by molar-refractivity contribution is 0.0618. The first-order valence-corrected chi connectivity index (χ1v) is 9.00. The van der Waals surface area contributed by atoms with E-state index in [0.717, 1.165) is 24.8 Å². The zero-order valence-electron chi connectivity index (χ0n) is 14.8. The summed E-state index contributed by atoms with van der Waals surface area (Å²) >= 11 is 0. The minimum absolute atomic E-state index is 0.110. The van der Waals surface area contributed by atoms with Crippen LogP contribution in [-0.4, -0.2) is 45.5 Å². The van der Waals surface area contributed by atoms with E-state index < -0.39 is 0 Å². The number of hydrogen-bond acceptors (Lipinski definition) is 5. The van der Waals surface area contributed by atoms with Crippen molar-refractivity contribution in [2.24, 2.45) is 5.92 Å². The molecule has 1 amide bonds. The zero-order chi connectivity index (χ0) is 17.4. The average molecular weight is 344 g/mol. The average Bonchev–Trinajstić information content (AvgIpc) is 3.17. The Kier molecular flexibility index (Phi) is 4.33. The predicted molar refractivity (Wildman–Crippen MR) is 90.2 cm³/mol. The third-order valence-corrected chi connectivity index (χ3v) is 4.92. The van der Waals surface area contributed by atoms with Crippen molar-refractivity contribution in [2.75, 3.05) is 19.8 Å². The molecule has 0 radical (unpaired) electrons. The van der Waals surface area contributed by atoms with E-state index in [4.69, 9.17) is 9.26 Å². The summed E-state index contributed by atoms with van der Waals surface area (Å²) in [4.78, 5) is 14.6. The first-order valence-electron chi connectivity index (χ1n) is 9.00. The van der Waals surface area contributed by atoms with Gasteiger partial charge in [-0.1, -0.05) is 5.16 Å². The number of carbonyl (C=O) groups excluding carboxylic acids is 1. The summed E-state index contributed by atoms with van der Waals surface area (Å²) in [5.74, 6) is 1.42. The van der Waals surface area contributed by atoms with Crippen LogP contribution in [0.3, 0.4) is 0 Å². The predicted octanol–water partition coefficient (Wildman–Crippen LogP) is 2.37. The number of carbonyl (C=O) groups is 1. The second-order valence-corrected chi connectivity index (χ2v) is 7.07. The maximum atomic E-state index is 12.8. The molecule has 2 aromatic heterocycles. The fourth-order valence-electron chi connectivity index (χ4n) is 3.30. The Morgan fingerprint density at radius 3 is 2.92 bits per heavy atom. The largest absolute Gasteiger partial charge is 0.380 e. The van der Waals surface area contributed by atoms with Gasteiger partial charge < -0.3 is 14.2 Å². The van der Waals surface area contributed by atoms with Gasteiger partial charge in [-0.15, -0.1) is 0 Å². The van der Waals surface area contributed by atoms with Gasteiger partial charge in [0.2, 0.25) is 0 Å². The smallest absolute Gasteiger partial charge is 0.276 e. The van der Waals surface area contributed by atoms with Crippen LogP contribution in [0.1, 0.15) is 53.2 Å². The van der Waals surface area contributed by atoms with Gasteiger partial charge in [0.15, 0.2) is 5.69 Å². The zero-order valence-corrected chi connectivity index (χ0v) is 14.8. The van der Waals surface area contributed by atoms with Crippen molar-refractivity contribution in [1.82, 2.24) is 19.8 Å². The molecule has 4 rings (SSSR count). The van der Waals surface area contributed by atoms with Crippen LogP contribution in [0.2, 0.25) is 0 Å². The molecule has 7 heteroatoms. The second-order valence-electron chi connectivity index (χ2n) is 7.07. The van der Waals surface area contributed by atoms with E-state index in [1.54, 1.807) is 17.9 Å². The molecule has 134 valence electrons. The number of aryl methyl sites for hydroxylation is 2. The fraction of sp³-hybridized carbons (Fsp3) is 0.611. The first kappa shape index (κ1) is 16.3. The lowest BCUT2D eigenvalue weighted by atomic mass is 9.95. The number of aromatic nitrogens is 3. The molecule has 0 bridgehead atoms. The van der Waals surface area contributed by atoms with Gasteiger partial charge in [-0.25, -0.2) is 0 Å². The summed E-state index contributed by atoms with van der Waals surface area (Å²) in [5.41, 5.74) is 2.52. The fourth-order valence-corrected chi connectivity index (χ4v) is 3.30. The van der Waals surface area contributed by atoms with E-state index >= 15 is 0 Å². The van der Waals surface area contributed by atoms with Crippen LogP contribution in [0, 0.1) is 12.8 Å². The summed E-state index contributed by atoms with van der Waals surface area (Å²) < 4.78 is 12.9. The van der Waals surface area contributed by atoms with Crippen LogP contribution in [0.5, 0.6) is 0 Å². The van der Waals surface area contributed by atoms with Gasteiger partial charge in [-0.3, -0.25) is 9.48 Å². The lowest BCUT2D eigenvalue weighted by Gasteiger charge is -2.31. The lowest BCUT2D eigenvalue weighted by Crippen LogP contribution is -2.39. The molecule has 2 aliphatic rings. The number of rotatable bonds is 6. The normalized spacial score (nSPS) is 19.9. The number of nitrogens with zero attached hydrogens (tertiary/aromatic N) is 4. The third-order valence-electron chi connectivity index (χ3n) is 4.92. The van der Waals surface area contributed by atoms with Gasteiger partial charge in [-0.2, -0.15) is 5.10 Å². The number of hydrogen-bond donors (Lipinski definition) is 0. The van der Waals surface area contributed by atoms with Crippen LogP contribution in [0.25, 0.3) is 0 Å². The summed E-state index contributed by atoms with van der Waals surface area (Å²) in [6.07, 6.45) is 4.65. The molecule has 1 atom stereocenters. The second kappa shape index (κ2) is 6.63. The van der Waals surface area contributed by atoms with Crippen LogP contribution in [0.4, 0.5) is 0 Å². The Balaban J connectivity index is 1.52. The molecule has 1 aliphatic carbocycles. The maximum Gasteiger partial charge on any atom is 0.276 e. The Hall–Kier alpha value is -2.15. The quantitative estimate of drug-likeness (QED) is 0.804. The van der Waals surface area contributed by atoms with Crippen molar-refractivity contribution in [3.05, 3.63) is 35.0 Å². The van der Waals surface area contributed by atoms with Crippen LogP contribution >= 0.6 is 0 Å². The molecule has 7 nitrogen and oxygen atoms in total. The van der Waals surface area contributed by atoms with E-state index in [9.17, 15) is 4.79 Å². The molecule has 1 fully saturated rings. The molecule has 25 heavy (non-hydrogen) atoms. The molecule has 0 N–H and O–H groups in total. The molecule has 0 aromatic carbocycles. The molecule has 1 saturated carbocycles. The Morgan fingerprint density at radius 2 is 2.24 bits per heavy atom. The van der Waals surface area contributed by atoms with Crippen molar-refractivity contribution in [2.45, 2.75) is 45.7 Å². The number of fused-ring (bicyclic) bond motifs is 1. The molecule has 2 aromatic rings. The summed E-state index contributed by atoms with van der Waals surface area (Å²) in [7, 11) is 0. The SMILES string of the molecule is CCn1cc2c(n1)CN(C(=O)c1cc(C)on1)C[C@@H]2COCC1CC1. The Bertz CT molecular complexity index is 762. The Labute approximate surface area is 146 Å². The molecule has 3 heterocycles. The maximum absolute atomic E-state index is 12.8. The van der Waals surface area contributed by atoms with Gasteiger partial charge in [0, 0.05) is 43.4 Å². The Morgan fingerprint density at radius 1 is 1.40 bits per heavy atom. The van der Waals surface area contributed by atoms with Crippen LogP contribution in [0.15, 0.2) is 16.8 Å². The molecular weight excluding hydrogens is 320 g/mol. The van der Waals surface area contributed by atoms with E-state index in [-0.39, 0.29) is 11.8 Å². The van der Waals surface area contributed by atoms with Crippen molar-refractivity contribution in [3.63, 3.8) is 0 Å². The van der Waals surface area contributed by atoms with E-state index in [2.05, 4.69) is 23.4 Å². The summed E-state index contributed by atoms with van der Waals surface area (Å²) in [5, 5.41) is 8.49. The molecule has 0 unspecified atom stereocenters. The van der Waals surface area contributed by atoms with Gasteiger partial charge >= 0.3 is 0 Å². The van der Waals surface area contributed by atoms with E-state index in [0.29, 0.717) is 31.2 Å². The summed E-state index contributed by atoms with van der Waals surface area (Å²) in [6, 6.07) is 1.68. The first-order chi connectivity index (χ1) is 12.1. The van der Waals surface area contributed by atoms with Crippen molar-refractivity contribution in [3.8, 4) is 0 Å². The minimum atomic E-state index is -0.110. The van der Waals surface area contributed by atoms with E-state index in [1.165, 1.54) is 18.4 Å². The molecule has 0 spiro atoms. The highest BCUT2D eigenvalue weighted by molar-refractivity contribution is 5.92. The van der Waals surface area contributed by atoms with E-state index in [1.807, 2.05) is 4.68 Å². The molecular formula is C18H24N4O3. The number of ether oxygens (including phenoxy) is 1. The monoisotopic (exact) mass is 344 g/mol. The minimum Gasteiger partial charge on any atom is -0.380 e. The third kappa shape index (κ3) is 3.46. The van der Waals surface area contributed by atoms with Gasteiger partial charge in [0.1, 0.15) is 5.76 Å². The van der Waals surface area contributed by atoms with Crippen LogP contribution < -0.4 is 0 Å². The molecule has 1 aliphatic heterocycles. The van der Waals surface area contributed by atoms with Crippen molar-refractivity contribution >= 4 is 5.91 Å². The highest BCUT2D eigenvalue weighted by Gasteiger charge is 2.33. The van der Waals surface area contributed by atoms with Gasteiger partial charge in [0.25, 0.3) is 5.91 Å². The topological polar surface area (TPSA) is 73.4 Å². The van der Waals surface area contributed by atoms with Gasteiger partial charge in [-0.05, 0) is 32.6 Å². The highest BCUT2D eigenvalue weighted by Crippen LogP contribution is 2.32. The highest BCUT2D eigenvalue weighted by atomic mass is 16.5. The van der Waals surface area contributed by atoms with Gasteiger partial charge in [0.05, 0.1) is 18.8 Å². The molecule has 0 saturated heterocycles. The standard InChI is InChI=1S/C18H24N4O3/c1-3-22-8-15-14(11-24-10-13-4-5-13)7-21(9-17(15)19-22)18(23)16-6-12(2)25-20-16/h6,8,13-14H,3-5,7,9-11H2,1-2H3/t14-/m1/s1. The van der Waals surface area contributed by atoms with Crippen LogP contribution in [-0.2, 0) is 17.8 Å². The number of amides is 1.